The number of benzene rings is 1. The number of rotatable bonds is 4. The summed E-state index contributed by atoms with van der Waals surface area (Å²) in [6.07, 6.45) is 0. The van der Waals surface area contributed by atoms with Gasteiger partial charge in [-0.15, -0.1) is 11.8 Å². The van der Waals surface area contributed by atoms with Crippen molar-refractivity contribution in [3.8, 4) is 5.75 Å². The predicted molar refractivity (Wildman–Crippen MR) is 63.0 cm³/mol. The number of nitrogen functional groups attached to an aromatic ring is 1. The SMILES string of the molecule is COc1ccc(SCC(C)C)c(N)c1. The lowest BCUT2D eigenvalue weighted by Crippen LogP contribution is -1.94. The molecule has 0 bridgehead atoms. The maximum atomic E-state index is 5.88. The maximum absolute atomic E-state index is 5.88. The fourth-order valence-corrected chi connectivity index (χ4v) is 1.94. The maximum Gasteiger partial charge on any atom is 0.120 e. The van der Waals surface area contributed by atoms with E-state index in [1.54, 1.807) is 18.9 Å². The minimum atomic E-state index is 0.682. The third-order valence-corrected chi connectivity index (χ3v) is 3.31. The summed E-state index contributed by atoms with van der Waals surface area (Å²) in [6.45, 7) is 4.40. The Balaban J connectivity index is 2.69. The lowest BCUT2D eigenvalue weighted by atomic mass is 10.3. The van der Waals surface area contributed by atoms with Gasteiger partial charge in [-0.05, 0) is 18.1 Å². The van der Waals surface area contributed by atoms with Gasteiger partial charge in [0.05, 0.1) is 7.11 Å². The summed E-state index contributed by atoms with van der Waals surface area (Å²) in [4.78, 5) is 1.14. The normalized spacial score (nSPS) is 10.6. The third-order valence-electron chi connectivity index (χ3n) is 1.79. The van der Waals surface area contributed by atoms with Crippen molar-refractivity contribution in [2.45, 2.75) is 18.7 Å². The van der Waals surface area contributed by atoms with E-state index in [0.717, 1.165) is 22.1 Å². The minimum Gasteiger partial charge on any atom is -0.497 e. The van der Waals surface area contributed by atoms with Gasteiger partial charge in [0.1, 0.15) is 5.75 Å². The molecule has 0 saturated heterocycles. The van der Waals surface area contributed by atoms with Gasteiger partial charge < -0.3 is 10.5 Å². The van der Waals surface area contributed by atoms with E-state index in [2.05, 4.69) is 13.8 Å². The molecule has 0 aliphatic carbocycles. The van der Waals surface area contributed by atoms with Crippen LogP contribution in [0.15, 0.2) is 23.1 Å². The summed E-state index contributed by atoms with van der Waals surface area (Å²) in [7, 11) is 1.65. The van der Waals surface area contributed by atoms with Crippen LogP contribution < -0.4 is 10.5 Å². The van der Waals surface area contributed by atoms with E-state index in [1.165, 1.54) is 0 Å². The van der Waals surface area contributed by atoms with Crippen molar-refractivity contribution >= 4 is 17.4 Å². The van der Waals surface area contributed by atoms with Gasteiger partial charge in [-0.1, -0.05) is 13.8 Å². The lowest BCUT2D eigenvalue weighted by molar-refractivity contribution is 0.415. The Bertz CT molecular complexity index is 299. The molecule has 1 aromatic rings. The molecule has 1 aromatic carbocycles. The zero-order valence-electron chi connectivity index (χ0n) is 8.91. The summed E-state index contributed by atoms with van der Waals surface area (Å²) >= 11 is 1.79. The van der Waals surface area contributed by atoms with Crippen LogP contribution >= 0.6 is 11.8 Å². The second-order valence-electron chi connectivity index (χ2n) is 3.61. The highest BCUT2D eigenvalue weighted by Gasteiger charge is 2.02. The van der Waals surface area contributed by atoms with Crippen molar-refractivity contribution in [3.63, 3.8) is 0 Å². The van der Waals surface area contributed by atoms with Gasteiger partial charge in [-0.2, -0.15) is 0 Å². The van der Waals surface area contributed by atoms with Crippen molar-refractivity contribution in [1.29, 1.82) is 0 Å². The van der Waals surface area contributed by atoms with Crippen LogP contribution in [0.3, 0.4) is 0 Å². The predicted octanol–water partition coefficient (Wildman–Crippen LogP) is 3.03. The van der Waals surface area contributed by atoms with Gasteiger partial charge in [-0.3, -0.25) is 0 Å². The zero-order chi connectivity index (χ0) is 10.6. The zero-order valence-corrected chi connectivity index (χ0v) is 9.73. The standard InChI is InChI=1S/C11H17NOS/c1-8(2)7-14-11-5-4-9(13-3)6-10(11)12/h4-6,8H,7,12H2,1-3H3. The molecule has 0 unspecified atom stereocenters. The summed E-state index contributed by atoms with van der Waals surface area (Å²) in [5.74, 6) is 2.59. The Hall–Kier alpha value is -0.830. The smallest absolute Gasteiger partial charge is 0.120 e. The van der Waals surface area contributed by atoms with Gasteiger partial charge in [-0.25, -0.2) is 0 Å². The van der Waals surface area contributed by atoms with E-state index in [-0.39, 0.29) is 0 Å². The first kappa shape index (κ1) is 11.2. The Morgan fingerprint density at radius 2 is 2.14 bits per heavy atom. The third kappa shape index (κ3) is 3.14. The second kappa shape index (κ2) is 5.15. The van der Waals surface area contributed by atoms with Crippen molar-refractivity contribution < 1.29 is 4.74 Å². The van der Waals surface area contributed by atoms with Crippen LogP contribution in [0.5, 0.6) is 5.75 Å². The molecule has 2 N–H and O–H groups in total. The molecule has 1 rings (SSSR count). The van der Waals surface area contributed by atoms with Gasteiger partial charge in [0, 0.05) is 22.4 Å². The lowest BCUT2D eigenvalue weighted by Gasteiger charge is -2.08. The Morgan fingerprint density at radius 1 is 1.43 bits per heavy atom. The molecule has 0 atom stereocenters. The molecule has 0 radical (unpaired) electrons. The van der Waals surface area contributed by atoms with Crippen molar-refractivity contribution in [2.75, 3.05) is 18.6 Å². The highest BCUT2D eigenvalue weighted by molar-refractivity contribution is 7.99. The van der Waals surface area contributed by atoms with Gasteiger partial charge in [0.15, 0.2) is 0 Å². The monoisotopic (exact) mass is 211 g/mol. The molecule has 0 aliphatic rings. The van der Waals surface area contributed by atoms with E-state index in [1.807, 2.05) is 18.2 Å². The van der Waals surface area contributed by atoms with Crippen molar-refractivity contribution in [2.24, 2.45) is 5.92 Å². The topological polar surface area (TPSA) is 35.2 Å². The van der Waals surface area contributed by atoms with E-state index in [9.17, 15) is 0 Å². The van der Waals surface area contributed by atoms with Crippen molar-refractivity contribution in [3.05, 3.63) is 18.2 Å². The Labute approximate surface area is 89.8 Å². The van der Waals surface area contributed by atoms with Crippen LogP contribution in [0.25, 0.3) is 0 Å². The molecule has 0 saturated carbocycles. The average Bonchev–Trinajstić information content (AvgIpc) is 2.15. The highest BCUT2D eigenvalue weighted by Crippen LogP contribution is 2.29. The number of anilines is 1. The fourth-order valence-electron chi connectivity index (χ4n) is 1.04. The van der Waals surface area contributed by atoms with Crippen LogP contribution in [0.2, 0.25) is 0 Å². The van der Waals surface area contributed by atoms with Crippen LogP contribution in [-0.4, -0.2) is 12.9 Å². The molecule has 0 amide bonds. The number of methoxy groups -OCH3 is 1. The van der Waals surface area contributed by atoms with Crippen LogP contribution in [0.4, 0.5) is 5.69 Å². The molecule has 2 nitrogen and oxygen atoms in total. The van der Waals surface area contributed by atoms with Crippen LogP contribution in [0.1, 0.15) is 13.8 Å². The number of ether oxygens (including phenoxy) is 1. The number of nitrogens with two attached hydrogens (primary N) is 1. The molecule has 0 spiro atoms. The molecule has 0 aromatic heterocycles. The Morgan fingerprint density at radius 3 is 2.64 bits per heavy atom. The average molecular weight is 211 g/mol. The van der Waals surface area contributed by atoms with E-state index < -0.39 is 0 Å². The van der Waals surface area contributed by atoms with Crippen molar-refractivity contribution in [1.82, 2.24) is 0 Å². The van der Waals surface area contributed by atoms with Crippen LogP contribution in [-0.2, 0) is 0 Å². The number of hydrogen-bond acceptors (Lipinski definition) is 3. The van der Waals surface area contributed by atoms with E-state index >= 15 is 0 Å². The Kier molecular flexibility index (Phi) is 4.14. The first-order valence-electron chi connectivity index (χ1n) is 4.69. The molecular formula is C11H17NOS. The van der Waals surface area contributed by atoms with Gasteiger partial charge >= 0.3 is 0 Å². The second-order valence-corrected chi connectivity index (χ2v) is 4.67. The molecule has 14 heavy (non-hydrogen) atoms. The quantitative estimate of drug-likeness (QED) is 0.614. The molecule has 0 aliphatic heterocycles. The highest BCUT2D eigenvalue weighted by atomic mass is 32.2. The first-order chi connectivity index (χ1) is 6.63. The van der Waals surface area contributed by atoms with E-state index in [4.69, 9.17) is 10.5 Å². The summed E-state index contributed by atoms with van der Waals surface area (Å²) in [5.41, 5.74) is 6.68. The molecule has 78 valence electrons. The van der Waals surface area contributed by atoms with Gasteiger partial charge in [0.25, 0.3) is 0 Å². The molecule has 0 fully saturated rings. The fraction of sp³-hybridized carbons (Fsp3) is 0.455. The number of hydrogen-bond donors (Lipinski definition) is 1. The number of thioether (sulfide) groups is 1. The van der Waals surface area contributed by atoms with Gasteiger partial charge in [0.2, 0.25) is 0 Å². The summed E-state index contributed by atoms with van der Waals surface area (Å²) in [6, 6.07) is 5.82. The summed E-state index contributed by atoms with van der Waals surface area (Å²) in [5, 5.41) is 0. The largest absolute Gasteiger partial charge is 0.497 e. The first-order valence-corrected chi connectivity index (χ1v) is 5.68. The molecule has 3 heteroatoms. The van der Waals surface area contributed by atoms with E-state index in [0.29, 0.717) is 5.92 Å². The van der Waals surface area contributed by atoms with Crippen LogP contribution in [0, 0.1) is 5.92 Å². The minimum absolute atomic E-state index is 0.682. The molecular weight excluding hydrogens is 194 g/mol. The molecule has 0 heterocycles. The summed E-state index contributed by atoms with van der Waals surface area (Å²) < 4.78 is 5.09.